The predicted molar refractivity (Wildman–Crippen MR) is 79.6 cm³/mol. The van der Waals surface area contributed by atoms with Crippen molar-refractivity contribution in [1.82, 2.24) is 4.98 Å². The second kappa shape index (κ2) is 5.51. The number of fused-ring (bicyclic) bond motifs is 1. The van der Waals surface area contributed by atoms with Crippen molar-refractivity contribution in [3.63, 3.8) is 0 Å². The lowest BCUT2D eigenvalue weighted by molar-refractivity contribution is 0.354. The van der Waals surface area contributed by atoms with Crippen LogP contribution in [0.2, 0.25) is 0 Å². The zero-order valence-electron chi connectivity index (χ0n) is 10.7. The molecule has 0 amide bonds. The van der Waals surface area contributed by atoms with Crippen LogP contribution in [0, 0.1) is 11.3 Å². The average Bonchev–Trinajstić information content (AvgIpc) is 2.93. The summed E-state index contributed by atoms with van der Waals surface area (Å²) in [6, 6.07) is 9.76. The smallest absolute Gasteiger partial charge is 0.144 e. The highest BCUT2D eigenvalue weighted by molar-refractivity contribution is 9.10. The maximum Gasteiger partial charge on any atom is 0.144 e. The summed E-state index contributed by atoms with van der Waals surface area (Å²) in [6.07, 6.45) is 2.61. The van der Waals surface area contributed by atoms with Gasteiger partial charge in [0.15, 0.2) is 0 Å². The van der Waals surface area contributed by atoms with Crippen LogP contribution in [-0.4, -0.2) is 11.6 Å². The third kappa shape index (κ3) is 2.47. The van der Waals surface area contributed by atoms with Gasteiger partial charge in [-0.3, -0.25) is 0 Å². The van der Waals surface area contributed by atoms with Gasteiger partial charge in [-0.25, -0.2) is 4.98 Å². The van der Waals surface area contributed by atoms with E-state index in [1.54, 1.807) is 18.3 Å². The highest BCUT2D eigenvalue weighted by Crippen LogP contribution is 2.33. The maximum atomic E-state index is 9.05. The first-order chi connectivity index (χ1) is 9.78. The van der Waals surface area contributed by atoms with Crippen LogP contribution in [0.1, 0.15) is 16.7 Å². The van der Waals surface area contributed by atoms with E-state index in [0.29, 0.717) is 17.9 Å². The maximum absolute atomic E-state index is 9.05. The van der Waals surface area contributed by atoms with E-state index in [0.717, 1.165) is 28.8 Å². The quantitative estimate of drug-likeness (QED) is 0.938. The number of benzene rings is 1. The van der Waals surface area contributed by atoms with E-state index >= 15 is 0 Å². The van der Waals surface area contributed by atoms with Gasteiger partial charge in [0.05, 0.1) is 12.2 Å². The molecule has 0 unspecified atom stereocenters. The van der Waals surface area contributed by atoms with Crippen molar-refractivity contribution in [2.24, 2.45) is 0 Å². The van der Waals surface area contributed by atoms with Crippen molar-refractivity contribution in [3.8, 4) is 11.8 Å². The number of halogens is 1. The first-order valence-electron chi connectivity index (χ1n) is 6.31. The zero-order valence-corrected chi connectivity index (χ0v) is 12.3. The summed E-state index contributed by atoms with van der Waals surface area (Å²) in [4.78, 5) is 4.19. The lowest BCUT2D eigenvalue weighted by atomic mass is 10.1. The molecule has 0 aliphatic carbocycles. The van der Waals surface area contributed by atoms with Gasteiger partial charge in [-0.05, 0) is 29.8 Å². The Morgan fingerprint density at radius 2 is 2.35 bits per heavy atom. The number of nitriles is 1. The Balaban J connectivity index is 1.85. The van der Waals surface area contributed by atoms with Crippen LogP contribution >= 0.6 is 15.9 Å². The molecule has 1 aliphatic heterocycles. The minimum absolute atomic E-state index is 0.542. The Kier molecular flexibility index (Phi) is 3.57. The van der Waals surface area contributed by atoms with Gasteiger partial charge in [-0.2, -0.15) is 5.26 Å². The molecule has 3 rings (SSSR count). The third-order valence-electron chi connectivity index (χ3n) is 3.20. The second-order valence-corrected chi connectivity index (χ2v) is 5.43. The largest absolute Gasteiger partial charge is 0.493 e. The molecule has 4 nitrogen and oxygen atoms in total. The molecule has 0 saturated heterocycles. The van der Waals surface area contributed by atoms with Gasteiger partial charge in [0.25, 0.3) is 0 Å². The number of anilines is 1. The van der Waals surface area contributed by atoms with Crippen molar-refractivity contribution in [1.29, 1.82) is 5.26 Å². The van der Waals surface area contributed by atoms with Crippen LogP contribution < -0.4 is 10.1 Å². The first kappa shape index (κ1) is 12.9. The molecule has 5 heteroatoms. The number of ether oxygens (including phenoxy) is 1. The normalized spacial score (nSPS) is 12.4. The summed E-state index contributed by atoms with van der Waals surface area (Å²) in [6.45, 7) is 1.30. The van der Waals surface area contributed by atoms with Crippen LogP contribution in [0.4, 0.5) is 5.82 Å². The number of rotatable bonds is 3. The Hall–Kier alpha value is -2.06. The van der Waals surface area contributed by atoms with Gasteiger partial charge in [0.2, 0.25) is 0 Å². The first-order valence-corrected chi connectivity index (χ1v) is 7.10. The summed E-state index contributed by atoms with van der Waals surface area (Å²) in [5.41, 5.74) is 2.83. The van der Waals surface area contributed by atoms with Gasteiger partial charge < -0.3 is 10.1 Å². The number of hydrogen-bond donors (Lipinski definition) is 1. The summed E-state index contributed by atoms with van der Waals surface area (Å²) in [5, 5.41) is 12.3. The van der Waals surface area contributed by atoms with E-state index in [1.807, 2.05) is 6.07 Å². The third-order valence-corrected chi connectivity index (χ3v) is 3.66. The van der Waals surface area contributed by atoms with E-state index in [9.17, 15) is 0 Å². The monoisotopic (exact) mass is 329 g/mol. The summed E-state index contributed by atoms with van der Waals surface area (Å²) >= 11 is 3.52. The molecule has 0 atom stereocenters. The lowest BCUT2D eigenvalue weighted by Gasteiger charge is -2.11. The number of pyridine rings is 1. The van der Waals surface area contributed by atoms with Crippen molar-refractivity contribution >= 4 is 21.7 Å². The van der Waals surface area contributed by atoms with E-state index in [2.05, 4.69) is 38.4 Å². The van der Waals surface area contributed by atoms with Gasteiger partial charge >= 0.3 is 0 Å². The van der Waals surface area contributed by atoms with Crippen LogP contribution in [0.25, 0.3) is 0 Å². The minimum Gasteiger partial charge on any atom is -0.493 e. The molecular weight excluding hydrogens is 318 g/mol. The van der Waals surface area contributed by atoms with E-state index in [-0.39, 0.29) is 0 Å². The standard InChI is InChI=1S/C15H12BrN3O/c16-13-6-10-3-5-20-14(10)12(7-13)9-19-15-11(8-17)2-1-4-18-15/h1-2,4,6-7H,3,5,9H2,(H,18,19). The fraction of sp³-hybridized carbons (Fsp3) is 0.200. The molecule has 1 aromatic carbocycles. The van der Waals surface area contributed by atoms with Crippen LogP contribution in [0.3, 0.4) is 0 Å². The molecule has 100 valence electrons. The van der Waals surface area contributed by atoms with Crippen LogP contribution in [0.15, 0.2) is 34.9 Å². The van der Waals surface area contributed by atoms with E-state index < -0.39 is 0 Å². The van der Waals surface area contributed by atoms with Crippen molar-refractivity contribution in [2.75, 3.05) is 11.9 Å². The number of hydrogen-bond acceptors (Lipinski definition) is 4. The highest BCUT2D eigenvalue weighted by Gasteiger charge is 2.17. The van der Waals surface area contributed by atoms with Crippen molar-refractivity contribution in [3.05, 3.63) is 51.6 Å². The van der Waals surface area contributed by atoms with E-state index in [4.69, 9.17) is 10.00 Å². The molecule has 2 aromatic rings. The minimum atomic E-state index is 0.542. The Labute approximate surface area is 125 Å². The topological polar surface area (TPSA) is 57.9 Å². The fourth-order valence-electron chi connectivity index (χ4n) is 2.29. The number of aromatic nitrogens is 1. The molecular formula is C15H12BrN3O. The molecule has 1 aliphatic rings. The van der Waals surface area contributed by atoms with Crippen molar-refractivity contribution in [2.45, 2.75) is 13.0 Å². The SMILES string of the molecule is N#Cc1cccnc1NCc1cc(Br)cc2c1OCC2. The molecule has 2 heterocycles. The fourth-order valence-corrected chi connectivity index (χ4v) is 2.85. The predicted octanol–water partition coefficient (Wildman–Crippen LogP) is 3.26. The van der Waals surface area contributed by atoms with E-state index in [1.165, 1.54) is 5.56 Å². The highest BCUT2D eigenvalue weighted by atomic mass is 79.9. The average molecular weight is 330 g/mol. The zero-order chi connectivity index (χ0) is 13.9. The van der Waals surface area contributed by atoms with Crippen molar-refractivity contribution < 1.29 is 4.74 Å². The number of nitrogens with one attached hydrogen (secondary N) is 1. The molecule has 20 heavy (non-hydrogen) atoms. The molecule has 0 bridgehead atoms. The van der Waals surface area contributed by atoms with Gasteiger partial charge in [-0.15, -0.1) is 0 Å². The summed E-state index contributed by atoms with van der Waals surface area (Å²) in [5.74, 6) is 1.55. The van der Waals surface area contributed by atoms with Gasteiger partial charge in [0, 0.05) is 29.2 Å². The number of nitrogens with zero attached hydrogens (tertiary/aromatic N) is 2. The lowest BCUT2D eigenvalue weighted by Crippen LogP contribution is -2.04. The van der Waals surface area contributed by atoms with Crippen LogP contribution in [-0.2, 0) is 13.0 Å². The molecule has 0 radical (unpaired) electrons. The van der Waals surface area contributed by atoms with Crippen LogP contribution in [0.5, 0.6) is 5.75 Å². The molecule has 1 N–H and O–H groups in total. The molecule has 0 saturated carbocycles. The Bertz CT molecular complexity index is 694. The molecule has 0 fully saturated rings. The second-order valence-electron chi connectivity index (χ2n) is 4.52. The Morgan fingerprint density at radius 3 is 3.20 bits per heavy atom. The van der Waals surface area contributed by atoms with Gasteiger partial charge in [0.1, 0.15) is 17.6 Å². The van der Waals surface area contributed by atoms with Gasteiger partial charge in [-0.1, -0.05) is 15.9 Å². The summed E-state index contributed by atoms with van der Waals surface area (Å²) in [7, 11) is 0. The Morgan fingerprint density at radius 1 is 1.45 bits per heavy atom. The molecule has 0 spiro atoms. The summed E-state index contributed by atoms with van der Waals surface area (Å²) < 4.78 is 6.73. The molecule has 1 aromatic heterocycles.